The van der Waals surface area contributed by atoms with Crippen LogP contribution in [-0.2, 0) is 16.6 Å². The Morgan fingerprint density at radius 2 is 2.18 bits per heavy atom. The molecule has 0 aromatic heterocycles. The maximum atomic E-state index is 11.8. The Labute approximate surface area is 101 Å². The van der Waals surface area contributed by atoms with Crippen molar-refractivity contribution in [2.75, 3.05) is 11.9 Å². The lowest BCUT2D eigenvalue weighted by Crippen LogP contribution is -2.28. The van der Waals surface area contributed by atoms with Crippen LogP contribution in [0.2, 0.25) is 0 Å². The Morgan fingerprint density at radius 1 is 1.47 bits per heavy atom. The van der Waals surface area contributed by atoms with Crippen LogP contribution in [0.25, 0.3) is 0 Å². The van der Waals surface area contributed by atoms with E-state index in [-0.39, 0.29) is 18.6 Å². The smallest absolute Gasteiger partial charge is 0.234 e. The van der Waals surface area contributed by atoms with Crippen LogP contribution in [0.3, 0.4) is 0 Å². The van der Waals surface area contributed by atoms with Gasteiger partial charge in [0.2, 0.25) is 5.91 Å². The van der Waals surface area contributed by atoms with E-state index < -0.39 is 5.41 Å². The van der Waals surface area contributed by atoms with Crippen LogP contribution < -0.4 is 11.1 Å². The Balaban J connectivity index is 2.32. The number of carbonyl (C=O) groups is 1. The number of benzene rings is 1. The third kappa shape index (κ3) is 2.06. The van der Waals surface area contributed by atoms with Crippen molar-refractivity contribution in [1.82, 2.24) is 0 Å². The Hall–Kier alpha value is -1.39. The lowest BCUT2D eigenvalue weighted by molar-refractivity contribution is -0.119. The number of hydrogen-bond acceptors (Lipinski definition) is 3. The fraction of sp³-hybridized carbons (Fsp3) is 0.462. The summed E-state index contributed by atoms with van der Waals surface area (Å²) in [7, 11) is 0. The van der Waals surface area contributed by atoms with Crippen molar-refractivity contribution in [1.29, 1.82) is 0 Å². The molecule has 92 valence electrons. The molecule has 4 nitrogen and oxygen atoms in total. The molecule has 1 aromatic rings. The van der Waals surface area contributed by atoms with Crippen molar-refractivity contribution in [2.24, 2.45) is 5.73 Å². The van der Waals surface area contributed by atoms with E-state index in [4.69, 9.17) is 10.8 Å². The highest BCUT2D eigenvalue weighted by atomic mass is 16.3. The van der Waals surface area contributed by atoms with Gasteiger partial charge in [-0.15, -0.1) is 0 Å². The van der Waals surface area contributed by atoms with E-state index in [0.29, 0.717) is 6.42 Å². The topological polar surface area (TPSA) is 75.4 Å². The molecule has 2 rings (SSSR count). The number of aliphatic hydroxyl groups is 1. The van der Waals surface area contributed by atoms with Gasteiger partial charge >= 0.3 is 0 Å². The summed E-state index contributed by atoms with van der Waals surface area (Å²) < 4.78 is 0. The number of rotatable bonds is 3. The third-order valence-corrected chi connectivity index (χ3v) is 3.31. The van der Waals surface area contributed by atoms with Gasteiger partial charge in [0.25, 0.3) is 0 Å². The largest absolute Gasteiger partial charge is 0.395 e. The molecular weight excluding hydrogens is 216 g/mol. The van der Waals surface area contributed by atoms with Crippen LogP contribution >= 0.6 is 0 Å². The van der Waals surface area contributed by atoms with Crippen LogP contribution in [0.1, 0.15) is 25.0 Å². The van der Waals surface area contributed by atoms with Crippen LogP contribution in [0.4, 0.5) is 5.69 Å². The van der Waals surface area contributed by atoms with Crippen molar-refractivity contribution in [3.8, 4) is 0 Å². The molecule has 0 aliphatic carbocycles. The van der Waals surface area contributed by atoms with E-state index in [1.54, 1.807) is 0 Å². The number of nitrogens with two attached hydrogens (primary N) is 1. The highest BCUT2D eigenvalue weighted by Gasteiger charge is 2.38. The first kappa shape index (κ1) is 12.1. The molecule has 1 atom stereocenters. The minimum Gasteiger partial charge on any atom is -0.395 e. The fourth-order valence-electron chi connectivity index (χ4n) is 2.11. The number of anilines is 1. The zero-order valence-corrected chi connectivity index (χ0v) is 10.2. The molecule has 0 spiro atoms. The molecule has 1 unspecified atom stereocenters. The summed E-state index contributed by atoms with van der Waals surface area (Å²) in [6, 6.07) is 5.60. The number of aliphatic hydroxyl groups excluding tert-OH is 1. The van der Waals surface area contributed by atoms with Crippen molar-refractivity contribution in [3.63, 3.8) is 0 Å². The molecular formula is C13H18N2O2. The van der Waals surface area contributed by atoms with Gasteiger partial charge in [0.05, 0.1) is 12.0 Å². The molecule has 0 saturated carbocycles. The molecule has 1 heterocycles. The molecule has 1 aromatic carbocycles. The average molecular weight is 234 g/mol. The van der Waals surface area contributed by atoms with Gasteiger partial charge in [-0.25, -0.2) is 0 Å². The summed E-state index contributed by atoms with van der Waals surface area (Å²) in [5.41, 5.74) is 8.15. The molecule has 0 fully saturated rings. The molecule has 4 heteroatoms. The lowest BCUT2D eigenvalue weighted by atomic mass is 9.85. The van der Waals surface area contributed by atoms with Gasteiger partial charge in [-0.1, -0.05) is 12.1 Å². The van der Waals surface area contributed by atoms with Gasteiger partial charge in [-0.3, -0.25) is 4.79 Å². The Morgan fingerprint density at radius 3 is 2.82 bits per heavy atom. The summed E-state index contributed by atoms with van der Waals surface area (Å²) in [6.45, 7) is 3.78. The summed E-state index contributed by atoms with van der Waals surface area (Å²) in [4.78, 5) is 11.8. The minimum atomic E-state index is -0.491. The van der Waals surface area contributed by atoms with Gasteiger partial charge in [0.15, 0.2) is 0 Å². The maximum Gasteiger partial charge on any atom is 0.234 e. The molecule has 0 radical (unpaired) electrons. The number of amides is 1. The second-order valence-electron chi connectivity index (χ2n) is 5.11. The minimum absolute atomic E-state index is 0.0242. The molecule has 4 N–H and O–H groups in total. The van der Waals surface area contributed by atoms with Crippen LogP contribution in [0.5, 0.6) is 0 Å². The number of nitrogens with one attached hydrogen (secondary N) is 1. The van der Waals surface area contributed by atoms with Crippen LogP contribution in [0, 0.1) is 0 Å². The van der Waals surface area contributed by atoms with E-state index in [0.717, 1.165) is 16.8 Å². The molecule has 1 aliphatic heterocycles. The predicted octanol–water partition coefficient (Wildman–Crippen LogP) is 0.778. The van der Waals surface area contributed by atoms with E-state index in [9.17, 15) is 4.79 Å². The fourth-order valence-corrected chi connectivity index (χ4v) is 2.11. The second kappa shape index (κ2) is 4.13. The first-order valence-corrected chi connectivity index (χ1v) is 5.76. The number of hydrogen-bond donors (Lipinski definition) is 3. The van der Waals surface area contributed by atoms with Crippen LogP contribution in [0.15, 0.2) is 18.2 Å². The standard InChI is InChI=1S/C13H18N2O2/c1-13(2)10-6-8(5-9(14)7-16)3-4-11(10)15-12(13)17/h3-4,6,9,16H,5,7,14H2,1-2H3,(H,15,17). The predicted molar refractivity (Wildman–Crippen MR) is 66.9 cm³/mol. The van der Waals surface area contributed by atoms with E-state index in [2.05, 4.69) is 5.32 Å². The number of fused-ring (bicyclic) bond motifs is 1. The van der Waals surface area contributed by atoms with Crippen molar-refractivity contribution >= 4 is 11.6 Å². The highest BCUT2D eigenvalue weighted by molar-refractivity contribution is 6.05. The zero-order chi connectivity index (χ0) is 12.6. The van der Waals surface area contributed by atoms with Crippen molar-refractivity contribution in [3.05, 3.63) is 29.3 Å². The molecule has 1 aliphatic rings. The average Bonchev–Trinajstić information content (AvgIpc) is 2.51. The first-order valence-electron chi connectivity index (χ1n) is 5.76. The van der Waals surface area contributed by atoms with Crippen LogP contribution in [-0.4, -0.2) is 23.7 Å². The van der Waals surface area contributed by atoms with Gasteiger partial charge in [-0.05, 0) is 37.5 Å². The maximum absolute atomic E-state index is 11.8. The number of carbonyl (C=O) groups excluding carboxylic acids is 1. The van der Waals surface area contributed by atoms with Gasteiger partial charge in [-0.2, -0.15) is 0 Å². The van der Waals surface area contributed by atoms with Crippen molar-refractivity contribution in [2.45, 2.75) is 31.7 Å². The first-order chi connectivity index (χ1) is 7.95. The molecule has 17 heavy (non-hydrogen) atoms. The van der Waals surface area contributed by atoms with E-state index in [1.807, 2.05) is 32.0 Å². The molecule has 0 saturated heterocycles. The van der Waals surface area contributed by atoms with E-state index >= 15 is 0 Å². The summed E-state index contributed by atoms with van der Waals surface area (Å²) >= 11 is 0. The quantitative estimate of drug-likeness (QED) is 0.723. The zero-order valence-electron chi connectivity index (χ0n) is 10.2. The summed E-state index contributed by atoms with van der Waals surface area (Å²) in [5.74, 6) is 0.0242. The second-order valence-corrected chi connectivity index (χ2v) is 5.11. The third-order valence-electron chi connectivity index (χ3n) is 3.31. The Bertz CT molecular complexity index is 455. The summed E-state index contributed by atoms with van der Waals surface area (Å²) in [5, 5.41) is 11.8. The monoisotopic (exact) mass is 234 g/mol. The van der Waals surface area contributed by atoms with Gasteiger partial charge in [0.1, 0.15) is 0 Å². The summed E-state index contributed by atoms with van der Waals surface area (Å²) in [6.07, 6.45) is 0.619. The molecule has 1 amide bonds. The Kier molecular flexibility index (Phi) is 2.93. The normalized spacial score (nSPS) is 18.7. The highest BCUT2D eigenvalue weighted by Crippen LogP contribution is 2.37. The van der Waals surface area contributed by atoms with Crippen molar-refractivity contribution < 1.29 is 9.90 Å². The SMILES string of the molecule is CC1(C)C(=O)Nc2ccc(CC(N)CO)cc21. The molecule has 0 bridgehead atoms. The van der Waals surface area contributed by atoms with Gasteiger partial charge in [0, 0.05) is 11.7 Å². The van der Waals surface area contributed by atoms with Gasteiger partial charge < -0.3 is 16.2 Å². The van der Waals surface area contributed by atoms with E-state index in [1.165, 1.54) is 0 Å². The lowest BCUT2D eigenvalue weighted by Gasteiger charge is -2.16.